The summed E-state index contributed by atoms with van der Waals surface area (Å²) < 4.78 is 0. The molecule has 1 aromatic rings. The van der Waals surface area contributed by atoms with Crippen molar-refractivity contribution in [2.24, 2.45) is 0 Å². The van der Waals surface area contributed by atoms with Crippen LogP contribution in [0.2, 0.25) is 0 Å². The molecular formula is C15H17N3O3. The molecule has 0 aliphatic heterocycles. The second-order valence-corrected chi connectivity index (χ2v) is 5.21. The molecule has 2 amide bonds. The van der Waals surface area contributed by atoms with Crippen molar-refractivity contribution < 1.29 is 14.7 Å². The van der Waals surface area contributed by atoms with Gasteiger partial charge in [0.05, 0.1) is 11.3 Å². The van der Waals surface area contributed by atoms with Crippen molar-refractivity contribution in [2.75, 3.05) is 11.9 Å². The van der Waals surface area contributed by atoms with E-state index in [1.54, 1.807) is 24.3 Å². The second-order valence-electron chi connectivity index (χ2n) is 5.21. The van der Waals surface area contributed by atoms with E-state index in [-0.39, 0.29) is 0 Å². The monoisotopic (exact) mass is 287 g/mol. The Bertz CT molecular complexity index is 600. The molecule has 0 atom stereocenters. The van der Waals surface area contributed by atoms with Gasteiger partial charge in [-0.05, 0) is 25.0 Å². The molecule has 2 rings (SSSR count). The topological polar surface area (TPSA) is 93.4 Å². The predicted molar refractivity (Wildman–Crippen MR) is 76.9 cm³/mol. The summed E-state index contributed by atoms with van der Waals surface area (Å²) in [5, 5.41) is 21.1. The van der Waals surface area contributed by atoms with Crippen molar-refractivity contribution in [3.05, 3.63) is 29.8 Å². The average molecular weight is 287 g/mol. The van der Waals surface area contributed by atoms with Crippen molar-refractivity contribution in [3.63, 3.8) is 0 Å². The summed E-state index contributed by atoms with van der Waals surface area (Å²) >= 11 is 0. The molecular weight excluding hydrogens is 270 g/mol. The summed E-state index contributed by atoms with van der Waals surface area (Å²) in [6, 6.07) is 8.21. The van der Waals surface area contributed by atoms with Crippen LogP contribution < -0.4 is 10.2 Å². The van der Waals surface area contributed by atoms with Crippen molar-refractivity contribution >= 4 is 17.7 Å². The molecule has 1 aliphatic carbocycles. The summed E-state index contributed by atoms with van der Waals surface area (Å²) in [6.07, 6.45) is 2.43. The Morgan fingerprint density at radius 1 is 1.33 bits per heavy atom. The van der Waals surface area contributed by atoms with Gasteiger partial charge < -0.3 is 10.4 Å². The Morgan fingerprint density at radius 3 is 2.52 bits per heavy atom. The third-order valence-electron chi connectivity index (χ3n) is 3.90. The average Bonchev–Trinajstić information content (AvgIpc) is 2.96. The number of benzene rings is 1. The summed E-state index contributed by atoms with van der Waals surface area (Å²) in [7, 11) is 1.52. The fourth-order valence-corrected chi connectivity index (χ4v) is 2.63. The van der Waals surface area contributed by atoms with Crippen LogP contribution in [0.25, 0.3) is 0 Å². The van der Waals surface area contributed by atoms with Gasteiger partial charge in [0.25, 0.3) is 0 Å². The molecule has 1 aliphatic rings. The van der Waals surface area contributed by atoms with Gasteiger partial charge in [-0.25, -0.2) is 9.59 Å². The predicted octanol–water partition coefficient (Wildman–Crippen LogP) is 2.10. The third kappa shape index (κ3) is 2.82. The highest BCUT2D eigenvalue weighted by molar-refractivity contribution is 5.96. The Balaban J connectivity index is 2.20. The lowest BCUT2D eigenvalue weighted by molar-refractivity contribution is -0.144. The maximum absolute atomic E-state index is 12.3. The highest BCUT2D eigenvalue weighted by Crippen LogP contribution is 2.30. The highest BCUT2D eigenvalue weighted by Gasteiger charge is 2.43. The number of para-hydroxylation sites is 1. The number of carbonyl (C=O) groups is 2. The maximum Gasteiger partial charge on any atom is 0.329 e. The molecule has 0 radical (unpaired) electrons. The Hall–Kier alpha value is -2.55. The van der Waals surface area contributed by atoms with E-state index in [2.05, 4.69) is 5.32 Å². The normalized spacial score (nSPS) is 16.0. The van der Waals surface area contributed by atoms with Gasteiger partial charge in [-0.15, -0.1) is 0 Å². The van der Waals surface area contributed by atoms with Gasteiger partial charge >= 0.3 is 12.0 Å². The smallest absolute Gasteiger partial charge is 0.329 e. The molecule has 1 aromatic carbocycles. The minimum absolute atomic E-state index is 0.367. The van der Waals surface area contributed by atoms with Gasteiger partial charge in [0, 0.05) is 7.05 Å². The maximum atomic E-state index is 12.3. The first-order chi connectivity index (χ1) is 10.00. The number of urea groups is 1. The zero-order chi connectivity index (χ0) is 15.5. The van der Waals surface area contributed by atoms with Gasteiger partial charge in [-0.3, -0.25) is 4.90 Å². The number of hydrogen-bond acceptors (Lipinski definition) is 3. The molecule has 110 valence electrons. The number of aliphatic carboxylic acids is 1. The molecule has 0 spiro atoms. The molecule has 2 N–H and O–H groups in total. The van der Waals surface area contributed by atoms with Crippen molar-refractivity contribution in [1.29, 1.82) is 5.26 Å². The summed E-state index contributed by atoms with van der Waals surface area (Å²) in [4.78, 5) is 25.1. The Labute approximate surface area is 123 Å². The summed E-state index contributed by atoms with van der Waals surface area (Å²) in [6.45, 7) is 0. The lowest BCUT2D eigenvalue weighted by Crippen LogP contribution is -2.56. The first-order valence-corrected chi connectivity index (χ1v) is 6.78. The van der Waals surface area contributed by atoms with Crippen LogP contribution in [0.4, 0.5) is 10.5 Å². The zero-order valence-electron chi connectivity index (χ0n) is 11.8. The standard InChI is InChI=1S/C15H17N3O3/c1-18(12-7-3-2-6-11(12)10-16)14(21)17-15(13(19)20)8-4-5-9-15/h2-3,6-7H,4-5,8-9H2,1H3,(H,17,21)(H,19,20). The van der Waals surface area contributed by atoms with Crippen LogP contribution in [0.1, 0.15) is 31.2 Å². The number of amides is 2. The molecule has 0 saturated heterocycles. The van der Waals surface area contributed by atoms with Crippen molar-refractivity contribution in [1.82, 2.24) is 5.32 Å². The third-order valence-corrected chi connectivity index (χ3v) is 3.90. The van der Waals surface area contributed by atoms with Crippen LogP contribution in [-0.4, -0.2) is 29.7 Å². The van der Waals surface area contributed by atoms with Gasteiger partial charge in [0.15, 0.2) is 0 Å². The van der Waals surface area contributed by atoms with Crippen molar-refractivity contribution in [3.8, 4) is 6.07 Å². The molecule has 1 fully saturated rings. The number of carboxylic acids is 1. The van der Waals surface area contributed by atoms with E-state index in [0.29, 0.717) is 24.1 Å². The lowest BCUT2D eigenvalue weighted by Gasteiger charge is -2.28. The van der Waals surface area contributed by atoms with E-state index in [1.165, 1.54) is 11.9 Å². The zero-order valence-corrected chi connectivity index (χ0v) is 11.8. The van der Waals surface area contributed by atoms with Crippen LogP contribution >= 0.6 is 0 Å². The van der Waals surface area contributed by atoms with Gasteiger partial charge in [0.1, 0.15) is 11.6 Å². The molecule has 21 heavy (non-hydrogen) atoms. The van der Waals surface area contributed by atoms with Crippen LogP contribution in [0, 0.1) is 11.3 Å². The highest BCUT2D eigenvalue weighted by atomic mass is 16.4. The van der Waals surface area contributed by atoms with E-state index >= 15 is 0 Å². The Morgan fingerprint density at radius 2 is 1.95 bits per heavy atom. The number of nitrogens with zero attached hydrogens (tertiary/aromatic N) is 2. The fraction of sp³-hybridized carbons (Fsp3) is 0.400. The number of anilines is 1. The van der Waals surface area contributed by atoms with Gasteiger partial charge in [0.2, 0.25) is 0 Å². The van der Waals surface area contributed by atoms with Crippen LogP contribution in [0.3, 0.4) is 0 Å². The molecule has 0 aromatic heterocycles. The summed E-state index contributed by atoms with van der Waals surface area (Å²) in [5.41, 5.74) is -0.366. The molecule has 6 nitrogen and oxygen atoms in total. The van der Waals surface area contributed by atoms with Crippen LogP contribution in [-0.2, 0) is 4.79 Å². The van der Waals surface area contributed by atoms with Gasteiger partial charge in [-0.2, -0.15) is 5.26 Å². The number of rotatable bonds is 3. The van der Waals surface area contributed by atoms with Gasteiger partial charge in [-0.1, -0.05) is 25.0 Å². The molecule has 6 heteroatoms. The largest absolute Gasteiger partial charge is 0.480 e. The number of nitrogens with one attached hydrogen (secondary N) is 1. The molecule has 1 saturated carbocycles. The quantitative estimate of drug-likeness (QED) is 0.890. The van der Waals surface area contributed by atoms with E-state index < -0.39 is 17.5 Å². The molecule has 0 bridgehead atoms. The SMILES string of the molecule is CN(C(=O)NC1(C(=O)O)CCCC1)c1ccccc1C#N. The first-order valence-electron chi connectivity index (χ1n) is 6.78. The van der Waals surface area contributed by atoms with E-state index in [1.807, 2.05) is 6.07 Å². The molecule has 0 heterocycles. The van der Waals surface area contributed by atoms with E-state index in [0.717, 1.165) is 12.8 Å². The van der Waals surface area contributed by atoms with Crippen molar-refractivity contribution in [2.45, 2.75) is 31.2 Å². The summed E-state index contributed by atoms with van der Waals surface area (Å²) in [5.74, 6) is -1.00. The number of hydrogen-bond donors (Lipinski definition) is 2. The first kappa shape index (κ1) is 14.9. The van der Waals surface area contributed by atoms with Crippen LogP contribution in [0.15, 0.2) is 24.3 Å². The second kappa shape index (κ2) is 5.83. The fourth-order valence-electron chi connectivity index (χ4n) is 2.63. The van der Waals surface area contributed by atoms with E-state index in [9.17, 15) is 14.7 Å². The van der Waals surface area contributed by atoms with E-state index in [4.69, 9.17) is 5.26 Å². The minimum atomic E-state index is -1.19. The number of carbonyl (C=O) groups excluding carboxylic acids is 1. The van der Waals surface area contributed by atoms with Crippen LogP contribution in [0.5, 0.6) is 0 Å². The Kier molecular flexibility index (Phi) is 4.13. The number of nitriles is 1. The minimum Gasteiger partial charge on any atom is -0.480 e. The number of carboxylic acid groups (broad SMARTS) is 1. The lowest BCUT2D eigenvalue weighted by atomic mass is 9.98. The molecule has 0 unspecified atom stereocenters.